The van der Waals surface area contributed by atoms with Crippen LogP contribution >= 0.6 is 0 Å². The molecule has 0 amide bonds. The first-order valence-corrected chi connectivity index (χ1v) is 3.32. The largest absolute Gasteiger partial charge is 0.363 e. The molecule has 0 N–H and O–H groups in total. The van der Waals surface area contributed by atoms with E-state index in [0.29, 0.717) is 0 Å². The Labute approximate surface area is 63.8 Å². The molecule has 2 heterocycles. The van der Waals surface area contributed by atoms with Crippen molar-refractivity contribution in [2.75, 3.05) is 11.4 Å². The van der Waals surface area contributed by atoms with Crippen molar-refractivity contribution in [3.05, 3.63) is 24.7 Å². The summed E-state index contributed by atoms with van der Waals surface area (Å²) in [7, 11) is 0. The summed E-state index contributed by atoms with van der Waals surface area (Å²) in [6.07, 6.45) is 6.94. The van der Waals surface area contributed by atoms with Crippen LogP contribution in [-0.2, 0) is 0 Å². The highest BCUT2D eigenvalue weighted by Crippen LogP contribution is 2.10. The molecular weight excluding hydrogens is 142 g/mol. The summed E-state index contributed by atoms with van der Waals surface area (Å²) >= 11 is 0. The van der Waals surface area contributed by atoms with Gasteiger partial charge in [-0.15, -0.1) is 0 Å². The SMILES string of the molecule is C1=CN(c2ccon2)CC=N1. The Morgan fingerprint density at radius 2 is 2.55 bits per heavy atom. The minimum Gasteiger partial charge on any atom is -0.363 e. The topological polar surface area (TPSA) is 41.6 Å². The second kappa shape index (κ2) is 2.57. The maximum absolute atomic E-state index is 4.70. The third kappa shape index (κ3) is 1.14. The average Bonchev–Trinajstić information content (AvgIpc) is 2.58. The highest BCUT2D eigenvalue weighted by molar-refractivity contribution is 5.68. The zero-order chi connectivity index (χ0) is 7.52. The molecule has 0 atom stereocenters. The van der Waals surface area contributed by atoms with E-state index in [1.165, 1.54) is 0 Å². The molecule has 0 aliphatic carbocycles. The van der Waals surface area contributed by atoms with Gasteiger partial charge >= 0.3 is 0 Å². The predicted molar refractivity (Wildman–Crippen MR) is 41.5 cm³/mol. The predicted octanol–water partition coefficient (Wildman–Crippen LogP) is 1.04. The Morgan fingerprint density at radius 3 is 3.18 bits per heavy atom. The van der Waals surface area contributed by atoms with Crippen LogP contribution in [0.2, 0.25) is 0 Å². The van der Waals surface area contributed by atoms with E-state index in [0.717, 1.165) is 12.4 Å². The van der Waals surface area contributed by atoms with Crippen molar-refractivity contribution >= 4 is 12.0 Å². The molecule has 1 aromatic rings. The number of anilines is 1. The van der Waals surface area contributed by atoms with E-state index >= 15 is 0 Å². The van der Waals surface area contributed by atoms with Crippen molar-refractivity contribution in [3.63, 3.8) is 0 Å². The maximum Gasteiger partial charge on any atom is 0.176 e. The fourth-order valence-corrected chi connectivity index (χ4v) is 0.900. The first kappa shape index (κ1) is 6.15. The van der Waals surface area contributed by atoms with E-state index in [1.54, 1.807) is 12.5 Å². The third-order valence-corrected chi connectivity index (χ3v) is 1.43. The summed E-state index contributed by atoms with van der Waals surface area (Å²) in [5.74, 6) is 0.812. The smallest absolute Gasteiger partial charge is 0.176 e. The molecule has 4 heteroatoms. The Kier molecular flexibility index (Phi) is 1.44. The van der Waals surface area contributed by atoms with Crippen molar-refractivity contribution in [3.8, 4) is 0 Å². The molecule has 0 saturated heterocycles. The second-order valence-electron chi connectivity index (χ2n) is 2.14. The summed E-state index contributed by atoms with van der Waals surface area (Å²) in [6, 6.07) is 1.81. The van der Waals surface area contributed by atoms with Crippen LogP contribution in [0.4, 0.5) is 5.82 Å². The Balaban J connectivity index is 2.19. The first-order chi connectivity index (χ1) is 5.47. The number of rotatable bonds is 1. The number of hydrogen-bond donors (Lipinski definition) is 0. The van der Waals surface area contributed by atoms with Crippen molar-refractivity contribution in [1.29, 1.82) is 0 Å². The highest BCUT2D eigenvalue weighted by atomic mass is 16.5. The number of aromatic nitrogens is 1. The van der Waals surface area contributed by atoms with Crippen LogP contribution < -0.4 is 4.90 Å². The Hall–Kier alpha value is -1.58. The highest BCUT2D eigenvalue weighted by Gasteiger charge is 2.05. The van der Waals surface area contributed by atoms with Gasteiger partial charge in [-0.1, -0.05) is 5.16 Å². The molecule has 1 aliphatic rings. The summed E-state index contributed by atoms with van der Waals surface area (Å²) < 4.78 is 4.70. The summed E-state index contributed by atoms with van der Waals surface area (Å²) in [4.78, 5) is 5.87. The molecule has 0 unspecified atom stereocenters. The van der Waals surface area contributed by atoms with Crippen molar-refractivity contribution in [1.82, 2.24) is 5.16 Å². The second-order valence-corrected chi connectivity index (χ2v) is 2.14. The molecule has 0 bridgehead atoms. The molecule has 2 rings (SSSR count). The van der Waals surface area contributed by atoms with Crippen LogP contribution in [0.3, 0.4) is 0 Å². The van der Waals surface area contributed by atoms with Crippen LogP contribution in [0.5, 0.6) is 0 Å². The maximum atomic E-state index is 4.70. The molecule has 11 heavy (non-hydrogen) atoms. The quantitative estimate of drug-likeness (QED) is 0.599. The van der Waals surface area contributed by atoms with Crippen molar-refractivity contribution in [2.24, 2.45) is 4.99 Å². The molecule has 0 aromatic carbocycles. The van der Waals surface area contributed by atoms with Gasteiger partial charge in [0.05, 0.1) is 6.54 Å². The van der Waals surface area contributed by atoms with Gasteiger partial charge in [-0.3, -0.25) is 4.99 Å². The van der Waals surface area contributed by atoms with Crippen LogP contribution in [-0.4, -0.2) is 17.9 Å². The fraction of sp³-hybridized carbons (Fsp3) is 0.143. The van der Waals surface area contributed by atoms with Gasteiger partial charge in [-0.05, 0) is 0 Å². The lowest BCUT2D eigenvalue weighted by Gasteiger charge is -2.15. The van der Waals surface area contributed by atoms with Crippen LogP contribution in [0.25, 0.3) is 0 Å². The van der Waals surface area contributed by atoms with Gasteiger partial charge in [0.25, 0.3) is 0 Å². The van der Waals surface area contributed by atoms with Gasteiger partial charge < -0.3 is 9.42 Å². The zero-order valence-corrected chi connectivity index (χ0v) is 5.84. The van der Waals surface area contributed by atoms with E-state index < -0.39 is 0 Å². The molecular formula is C7H7N3O. The van der Waals surface area contributed by atoms with Gasteiger partial charge in [0.15, 0.2) is 5.82 Å². The van der Waals surface area contributed by atoms with E-state index in [9.17, 15) is 0 Å². The Bertz CT molecular complexity index is 276. The van der Waals surface area contributed by atoms with Gasteiger partial charge in [0.2, 0.25) is 0 Å². The third-order valence-electron chi connectivity index (χ3n) is 1.43. The summed E-state index contributed by atoms with van der Waals surface area (Å²) in [6.45, 7) is 0.753. The lowest BCUT2D eigenvalue weighted by atomic mass is 10.5. The minimum absolute atomic E-state index is 0.753. The number of hydrogen-bond acceptors (Lipinski definition) is 4. The van der Waals surface area contributed by atoms with Gasteiger partial charge in [-0.2, -0.15) is 0 Å². The molecule has 0 spiro atoms. The van der Waals surface area contributed by atoms with Gasteiger partial charge in [0.1, 0.15) is 6.26 Å². The van der Waals surface area contributed by atoms with E-state index in [4.69, 9.17) is 4.52 Å². The molecule has 0 radical (unpaired) electrons. The average molecular weight is 149 g/mol. The molecule has 56 valence electrons. The van der Waals surface area contributed by atoms with Crippen LogP contribution in [0.15, 0.2) is 34.2 Å². The van der Waals surface area contributed by atoms with E-state index in [2.05, 4.69) is 10.1 Å². The van der Waals surface area contributed by atoms with E-state index in [-0.39, 0.29) is 0 Å². The summed E-state index contributed by atoms with van der Waals surface area (Å²) in [5, 5.41) is 3.78. The first-order valence-electron chi connectivity index (χ1n) is 3.32. The monoisotopic (exact) mass is 149 g/mol. The van der Waals surface area contributed by atoms with Crippen LogP contribution in [0, 0.1) is 0 Å². The normalized spacial score (nSPS) is 15.8. The molecule has 1 aliphatic heterocycles. The Morgan fingerprint density at radius 1 is 1.55 bits per heavy atom. The van der Waals surface area contributed by atoms with Gasteiger partial charge in [0, 0.05) is 24.7 Å². The van der Waals surface area contributed by atoms with Crippen LogP contribution in [0.1, 0.15) is 0 Å². The molecule has 0 fully saturated rings. The molecule has 4 nitrogen and oxygen atoms in total. The lowest BCUT2D eigenvalue weighted by molar-refractivity contribution is 0.421. The zero-order valence-electron chi connectivity index (χ0n) is 5.84. The van der Waals surface area contributed by atoms with Crippen molar-refractivity contribution in [2.45, 2.75) is 0 Å². The number of nitrogens with zero attached hydrogens (tertiary/aromatic N) is 3. The summed E-state index contributed by atoms with van der Waals surface area (Å²) in [5.41, 5.74) is 0. The van der Waals surface area contributed by atoms with Crippen molar-refractivity contribution < 1.29 is 4.52 Å². The van der Waals surface area contributed by atoms with E-state index in [1.807, 2.05) is 23.4 Å². The number of aliphatic imine (C=N–C) groups is 1. The molecule has 0 saturated carbocycles. The lowest BCUT2D eigenvalue weighted by Crippen LogP contribution is -2.20. The van der Waals surface area contributed by atoms with Gasteiger partial charge in [-0.25, -0.2) is 0 Å². The minimum atomic E-state index is 0.753. The standard InChI is InChI=1S/C7H7N3O/c1-6-11-9-7(1)10-4-2-8-3-5-10/h1-4,6H,5H2. The fourth-order valence-electron chi connectivity index (χ4n) is 0.900. The molecule has 1 aromatic heterocycles.